The Balaban J connectivity index is 1.58. The molecule has 0 unspecified atom stereocenters. The topological polar surface area (TPSA) is 59.8 Å². The van der Waals surface area contributed by atoms with Crippen LogP contribution in [0.4, 0.5) is 5.69 Å². The number of carbonyl (C=O) groups excluding carboxylic acids is 1. The van der Waals surface area contributed by atoms with E-state index in [1.165, 1.54) is 0 Å². The lowest BCUT2D eigenvalue weighted by molar-refractivity contribution is 0.102. The van der Waals surface area contributed by atoms with E-state index in [1.807, 2.05) is 73.8 Å². The van der Waals surface area contributed by atoms with Crippen LogP contribution in [0.3, 0.4) is 0 Å². The minimum Gasteiger partial charge on any atom is -0.322 e. The second kappa shape index (κ2) is 7.17. The summed E-state index contributed by atoms with van der Waals surface area (Å²) in [5.74, 6) is -0.158. The minimum atomic E-state index is -0.158. The van der Waals surface area contributed by atoms with Gasteiger partial charge < -0.3 is 5.32 Å². The number of nitrogens with zero attached hydrogens (tertiary/aromatic N) is 3. The first-order chi connectivity index (χ1) is 13.1. The Morgan fingerprint density at radius 3 is 2.44 bits per heavy atom. The third kappa shape index (κ3) is 3.39. The van der Waals surface area contributed by atoms with E-state index < -0.39 is 0 Å². The van der Waals surface area contributed by atoms with Crippen molar-refractivity contribution in [3.63, 3.8) is 0 Å². The third-order valence-corrected chi connectivity index (χ3v) is 5.16. The first kappa shape index (κ1) is 17.2. The molecule has 0 spiro atoms. The van der Waals surface area contributed by atoms with Crippen LogP contribution in [0, 0.1) is 13.8 Å². The number of hydrogen-bond donors (Lipinski definition) is 1. The van der Waals surface area contributed by atoms with Gasteiger partial charge in [0.2, 0.25) is 0 Å². The number of carbonyl (C=O) groups is 1. The minimum absolute atomic E-state index is 0.158. The van der Waals surface area contributed by atoms with Crippen LogP contribution >= 0.6 is 11.3 Å². The maximum absolute atomic E-state index is 12.8. The fourth-order valence-corrected chi connectivity index (χ4v) is 3.69. The summed E-state index contributed by atoms with van der Waals surface area (Å²) < 4.78 is 1.80. The Hall–Kier alpha value is -3.25. The van der Waals surface area contributed by atoms with Gasteiger partial charge in [0.1, 0.15) is 5.01 Å². The molecule has 4 aromatic rings. The predicted molar refractivity (Wildman–Crippen MR) is 109 cm³/mol. The van der Waals surface area contributed by atoms with Crippen LogP contribution in [-0.4, -0.2) is 20.7 Å². The smallest absolute Gasteiger partial charge is 0.259 e. The van der Waals surface area contributed by atoms with Crippen molar-refractivity contribution in [2.24, 2.45) is 0 Å². The van der Waals surface area contributed by atoms with Crippen LogP contribution in [0.25, 0.3) is 16.3 Å². The summed E-state index contributed by atoms with van der Waals surface area (Å²) in [6, 6.07) is 17.5. The van der Waals surface area contributed by atoms with Gasteiger partial charge in [0.15, 0.2) is 0 Å². The zero-order valence-corrected chi connectivity index (χ0v) is 15.8. The maximum atomic E-state index is 12.8. The fourth-order valence-electron chi connectivity index (χ4n) is 3.05. The van der Waals surface area contributed by atoms with Crippen LogP contribution in [-0.2, 0) is 0 Å². The molecule has 134 valence electrons. The van der Waals surface area contributed by atoms with Gasteiger partial charge in [-0.1, -0.05) is 18.2 Å². The molecule has 0 atom stereocenters. The number of thiazole rings is 1. The molecular weight excluding hydrogens is 356 g/mol. The van der Waals surface area contributed by atoms with Gasteiger partial charge in [0.25, 0.3) is 5.91 Å². The van der Waals surface area contributed by atoms with Crippen molar-refractivity contribution in [3.05, 3.63) is 83.1 Å². The highest BCUT2D eigenvalue weighted by molar-refractivity contribution is 7.13. The summed E-state index contributed by atoms with van der Waals surface area (Å²) in [6.45, 7) is 3.76. The molecule has 2 aromatic heterocycles. The number of aromatic nitrogens is 3. The molecule has 0 fully saturated rings. The SMILES string of the molecule is Cc1nn(-c2ccccc2)c(C)c1C(=O)Nc1ccc(-c2nccs2)cc1. The molecule has 27 heavy (non-hydrogen) atoms. The van der Waals surface area contributed by atoms with Crippen LogP contribution in [0.15, 0.2) is 66.2 Å². The van der Waals surface area contributed by atoms with Crippen molar-refractivity contribution < 1.29 is 4.79 Å². The molecule has 5 nitrogen and oxygen atoms in total. The number of para-hydroxylation sites is 1. The number of hydrogen-bond acceptors (Lipinski definition) is 4. The van der Waals surface area contributed by atoms with Crippen molar-refractivity contribution in [1.82, 2.24) is 14.8 Å². The van der Waals surface area contributed by atoms with Gasteiger partial charge in [-0.05, 0) is 50.2 Å². The summed E-state index contributed by atoms with van der Waals surface area (Å²) in [6.07, 6.45) is 1.78. The van der Waals surface area contributed by atoms with E-state index in [0.717, 1.165) is 27.6 Å². The van der Waals surface area contributed by atoms with Gasteiger partial charge in [0.05, 0.1) is 22.6 Å². The lowest BCUT2D eigenvalue weighted by Crippen LogP contribution is -2.14. The molecule has 4 rings (SSSR count). The lowest BCUT2D eigenvalue weighted by atomic mass is 10.1. The number of rotatable bonds is 4. The number of aryl methyl sites for hydroxylation is 1. The summed E-state index contributed by atoms with van der Waals surface area (Å²) >= 11 is 1.59. The van der Waals surface area contributed by atoms with Gasteiger partial charge >= 0.3 is 0 Å². The average Bonchev–Trinajstić information content (AvgIpc) is 3.31. The van der Waals surface area contributed by atoms with E-state index in [-0.39, 0.29) is 5.91 Å². The van der Waals surface area contributed by atoms with Crippen molar-refractivity contribution in [2.45, 2.75) is 13.8 Å². The normalized spacial score (nSPS) is 10.7. The monoisotopic (exact) mass is 374 g/mol. The van der Waals surface area contributed by atoms with E-state index >= 15 is 0 Å². The van der Waals surface area contributed by atoms with Gasteiger partial charge in [0, 0.05) is 22.8 Å². The largest absolute Gasteiger partial charge is 0.322 e. The quantitative estimate of drug-likeness (QED) is 0.555. The van der Waals surface area contributed by atoms with E-state index in [9.17, 15) is 4.79 Å². The molecule has 6 heteroatoms. The maximum Gasteiger partial charge on any atom is 0.259 e. The highest BCUT2D eigenvalue weighted by atomic mass is 32.1. The van der Waals surface area contributed by atoms with Crippen LogP contribution in [0.5, 0.6) is 0 Å². The summed E-state index contributed by atoms with van der Waals surface area (Å²) in [5.41, 5.74) is 4.83. The Morgan fingerprint density at radius 2 is 1.78 bits per heavy atom. The highest BCUT2D eigenvalue weighted by Crippen LogP contribution is 2.24. The zero-order valence-electron chi connectivity index (χ0n) is 15.0. The number of anilines is 1. The molecule has 1 amide bonds. The first-order valence-corrected chi connectivity index (χ1v) is 9.44. The third-order valence-electron chi connectivity index (χ3n) is 4.34. The summed E-state index contributed by atoms with van der Waals surface area (Å²) in [7, 11) is 0. The van der Waals surface area contributed by atoms with E-state index in [1.54, 1.807) is 22.2 Å². The van der Waals surface area contributed by atoms with Crippen molar-refractivity contribution >= 4 is 22.9 Å². The zero-order chi connectivity index (χ0) is 18.8. The first-order valence-electron chi connectivity index (χ1n) is 8.56. The molecule has 0 aliphatic heterocycles. The van der Waals surface area contributed by atoms with E-state index in [2.05, 4.69) is 15.4 Å². The molecule has 0 radical (unpaired) electrons. The molecule has 0 aliphatic carbocycles. The fraction of sp³-hybridized carbons (Fsp3) is 0.0952. The highest BCUT2D eigenvalue weighted by Gasteiger charge is 2.19. The van der Waals surface area contributed by atoms with Gasteiger partial charge in [-0.2, -0.15) is 5.10 Å². The Labute approximate surface area is 161 Å². The lowest BCUT2D eigenvalue weighted by Gasteiger charge is -2.07. The van der Waals surface area contributed by atoms with Crippen LogP contribution < -0.4 is 5.32 Å². The molecule has 0 saturated carbocycles. The molecule has 0 aliphatic rings. The van der Waals surface area contributed by atoms with E-state index in [0.29, 0.717) is 11.3 Å². The molecular formula is C21H18N4OS. The van der Waals surface area contributed by atoms with Gasteiger partial charge in [-0.25, -0.2) is 9.67 Å². The van der Waals surface area contributed by atoms with Crippen LogP contribution in [0.2, 0.25) is 0 Å². The average molecular weight is 374 g/mol. The molecule has 2 heterocycles. The number of benzene rings is 2. The molecule has 2 aromatic carbocycles. The van der Waals surface area contributed by atoms with Crippen molar-refractivity contribution in [3.8, 4) is 16.3 Å². The summed E-state index contributed by atoms with van der Waals surface area (Å²) in [5, 5.41) is 10.4. The predicted octanol–water partition coefficient (Wildman–Crippen LogP) is 4.86. The number of nitrogens with one attached hydrogen (secondary N) is 1. The Bertz CT molecular complexity index is 1070. The van der Waals surface area contributed by atoms with Crippen LogP contribution in [0.1, 0.15) is 21.7 Å². The van der Waals surface area contributed by atoms with Gasteiger partial charge in [-0.3, -0.25) is 4.79 Å². The molecule has 1 N–H and O–H groups in total. The number of amides is 1. The molecule has 0 saturated heterocycles. The van der Waals surface area contributed by atoms with E-state index in [4.69, 9.17) is 0 Å². The van der Waals surface area contributed by atoms with Crippen molar-refractivity contribution in [2.75, 3.05) is 5.32 Å². The van der Waals surface area contributed by atoms with Crippen molar-refractivity contribution in [1.29, 1.82) is 0 Å². The Morgan fingerprint density at radius 1 is 1.04 bits per heavy atom. The Kier molecular flexibility index (Phi) is 4.56. The summed E-state index contributed by atoms with van der Waals surface area (Å²) in [4.78, 5) is 17.1. The standard InChI is InChI=1S/C21H18N4OS/c1-14-19(15(2)25(24-14)18-6-4-3-5-7-18)20(26)23-17-10-8-16(9-11-17)21-22-12-13-27-21/h3-13H,1-2H3,(H,23,26). The van der Waals surface area contributed by atoms with Gasteiger partial charge in [-0.15, -0.1) is 11.3 Å². The second-order valence-corrected chi connectivity index (χ2v) is 7.06. The molecule has 0 bridgehead atoms. The second-order valence-electron chi connectivity index (χ2n) is 6.16.